The summed E-state index contributed by atoms with van der Waals surface area (Å²) in [6, 6.07) is 10.6. The van der Waals surface area contributed by atoms with Crippen LogP contribution in [0.5, 0.6) is 0 Å². The largest absolute Gasteiger partial charge is 0.416 e. The fourth-order valence-corrected chi connectivity index (χ4v) is 4.00. The molecule has 6 heteroatoms. The van der Waals surface area contributed by atoms with Crippen LogP contribution in [0.2, 0.25) is 0 Å². The Bertz CT molecular complexity index is 1010. The molecule has 28 heavy (non-hydrogen) atoms. The van der Waals surface area contributed by atoms with Gasteiger partial charge in [-0.3, -0.25) is 4.79 Å². The first-order chi connectivity index (χ1) is 13.3. The number of carbonyl (C=O) groups is 1. The SMILES string of the molecule is N#Cc1cc2c(c(-c3ccc(C(F)(F)F)cc3)c1)CC1CCNC(=O)C(=C2)C1. The summed E-state index contributed by atoms with van der Waals surface area (Å²) in [6.45, 7) is 0.613. The van der Waals surface area contributed by atoms with E-state index in [9.17, 15) is 23.2 Å². The summed E-state index contributed by atoms with van der Waals surface area (Å²) in [4.78, 5) is 12.3. The molecule has 1 saturated heterocycles. The molecule has 1 N–H and O–H groups in total. The smallest absolute Gasteiger partial charge is 0.352 e. The number of rotatable bonds is 1. The van der Waals surface area contributed by atoms with E-state index in [4.69, 9.17) is 0 Å². The number of carbonyl (C=O) groups excluding carboxylic acids is 1. The fourth-order valence-electron chi connectivity index (χ4n) is 4.00. The van der Waals surface area contributed by atoms with Crippen LogP contribution in [0.15, 0.2) is 42.0 Å². The van der Waals surface area contributed by atoms with E-state index in [2.05, 4.69) is 11.4 Å². The van der Waals surface area contributed by atoms with Crippen molar-refractivity contribution in [3.8, 4) is 17.2 Å². The Labute approximate surface area is 160 Å². The summed E-state index contributed by atoms with van der Waals surface area (Å²) in [6.07, 6.45) is -0.350. The second-order valence-electron chi connectivity index (χ2n) is 7.27. The zero-order valence-corrected chi connectivity index (χ0v) is 14.9. The zero-order chi connectivity index (χ0) is 19.9. The molecule has 142 valence electrons. The lowest BCUT2D eigenvalue weighted by Gasteiger charge is -2.18. The third-order valence-electron chi connectivity index (χ3n) is 5.40. The first-order valence-corrected chi connectivity index (χ1v) is 9.08. The maximum absolute atomic E-state index is 12.9. The van der Waals surface area contributed by atoms with E-state index in [0.717, 1.165) is 35.2 Å². The topological polar surface area (TPSA) is 52.9 Å². The summed E-state index contributed by atoms with van der Waals surface area (Å²) < 4.78 is 38.7. The lowest BCUT2D eigenvalue weighted by Crippen LogP contribution is -2.23. The number of halogens is 3. The molecule has 0 aromatic heterocycles. The number of nitrogens with zero attached hydrogens (tertiary/aromatic N) is 1. The predicted octanol–water partition coefficient (Wildman–Crippen LogP) is 4.71. The number of benzene rings is 2. The summed E-state index contributed by atoms with van der Waals surface area (Å²) in [5.74, 6) is 0.182. The summed E-state index contributed by atoms with van der Waals surface area (Å²) in [5, 5.41) is 12.3. The second-order valence-corrected chi connectivity index (χ2v) is 7.27. The van der Waals surface area contributed by atoms with Crippen molar-refractivity contribution in [2.24, 2.45) is 5.92 Å². The van der Waals surface area contributed by atoms with Gasteiger partial charge in [-0.15, -0.1) is 0 Å². The van der Waals surface area contributed by atoms with Gasteiger partial charge in [0.15, 0.2) is 0 Å². The Kier molecular flexibility index (Phi) is 4.46. The molecule has 2 aliphatic rings. The third-order valence-corrected chi connectivity index (χ3v) is 5.40. The normalized spacial score (nSPS) is 18.9. The summed E-state index contributed by atoms with van der Waals surface area (Å²) >= 11 is 0. The molecule has 0 radical (unpaired) electrons. The van der Waals surface area contributed by atoms with Crippen molar-refractivity contribution in [2.75, 3.05) is 6.54 Å². The fraction of sp³-hybridized carbons (Fsp3) is 0.273. The molecule has 2 aromatic carbocycles. The van der Waals surface area contributed by atoms with Crippen LogP contribution in [0.3, 0.4) is 0 Å². The molecule has 1 heterocycles. The van der Waals surface area contributed by atoms with E-state index >= 15 is 0 Å². The zero-order valence-electron chi connectivity index (χ0n) is 14.9. The minimum absolute atomic E-state index is 0.0891. The van der Waals surface area contributed by atoms with Crippen LogP contribution in [0.4, 0.5) is 13.2 Å². The molecule has 1 aliphatic heterocycles. The summed E-state index contributed by atoms with van der Waals surface area (Å²) in [5.41, 5.74) is 3.57. The number of hydrogen-bond acceptors (Lipinski definition) is 2. The molecule has 1 aliphatic carbocycles. The molecule has 1 unspecified atom stereocenters. The molecule has 0 spiro atoms. The van der Waals surface area contributed by atoms with Gasteiger partial charge in [-0.2, -0.15) is 18.4 Å². The highest BCUT2D eigenvalue weighted by atomic mass is 19.4. The van der Waals surface area contributed by atoms with Crippen LogP contribution in [0, 0.1) is 17.2 Å². The van der Waals surface area contributed by atoms with Crippen molar-refractivity contribution in [1.82, 2.24) is 5.32 Å². The average molecular weight is 382 g/mol. The number of amides is 1. The van der Waals surface area contributed by atoms with Gasteiger partial charge >= 0.3 is 6.18 Å². The van der Waals surface area contributed by atoms with Crippen LogP contribution < -0.4 is 5.32 Å². The molecular formula is C22H17F3N2O. The second kappa shape index (κ2) is 6.83. The van der Waals surface area contributed by atoms with Crippen molar-refractivity contribution >= 4 is 12.0 Å². The highest BCUT2D eigenvalue weighted by molar-refractivity contribution is 5.99. The molecule has 0 saturated carbocycles. The Balaban J connectivity index is 1.87. The van der Waals surface area contributed by atoms with Gasteiger partial charge in [0.2, 0.25) is 5.91 Å². The maximum Gasteiger partial charge on any atom is 0.416 e. The van der Waals surface area contributed by atoms with Gasteiger partial charge in [0.05, 0.1) is 17.2 Å². The van der Waals surface area contributed by atoms with E-state index in [0.29, 0.717) is 36.1 Å². The average Bonchev–Trinajstić information content (AvgIpc) is 2.96. The van der Waals surface area contributed by atoms with Crippen LogP contribution >= 0.6 is 0 Å². The maximum atomic E-state index is 12.9. The van der Waals surface area contributed by atoms with Crippen molar-refractivity contribution in [1.29, 1.82) is 5.26 Å². The molecule has 2 aromatic rings. The number of hydrogen-bond donors (Lipinski definition) is 1. The van der Waals surface area contributed by atoms with Gasteiger partial charge in [-0.1, -0.05) is 12.1 Å². The van der Waals surface area contributed by atoms with Crippen LogP contribution in [-0.4, -0.2) is 12.5 Å². The van der Waals surface area contributed by atoms with Crippen LogP contribution in [-0.2, 0) is 17.4 Å². The Morgan fingerprint density at radius 2 is 1.86 bits per heavy atom. The number of nitrogens with one attached hydrogen (secondary N) is 1. The molecule has 4 rings (SSSR count). The van der Waals surface area contributed by atoms with E-state index in [1.54, 1.807) is 12.1 Å². The lowest BCUT2D eigenvalue weighted by atomic mass is 9.87. The third kappa shape index (κ3) is 3.40. The van der Waals surface area contributed by atoms with Gasteiger partial charge in [0.1, 0.15) is 0 Å². The predicted molar refractivity (Wildman–Crippen MR) is 99.0 cm³/mol. The van der Waals surface area contributed by atoms with Crippen molar-refractivity contribution in [3.63, 3.8) is 0 Å². The first-order valence-electron chi connectivity index (χ1n) is 9.08. The molecule has 3 nitrogen and oxygen atoms in total. The van der Waals surface area contributed by atoms with Crippen molar-refractivity contribution in [3.05, 3.63) is 64.2 Å². The standard InChI is InChI=1S/C22H17F3N2O/c23-22(24,25)18-3-1-15(2-4-18)19-10-14(12-26)8-16-11-17-7-13(9-20(16)19)5-6-27-21(17)28/h1-4,8,10-11,13H,5-7,9H2,(H,27,28). The van der Waals surface area contributed by atoms with Gasteiger partial charge in [-0.05, 0) is 77.8 Å². The van der Waals surface area contributed by atoms with Gasteiger partial charge in [-0.25, -0.2) is 0 Å². The molecule has 1 atom stereocenters. The van der Waals surface area contributed by atoms with E-state index < -0.39 is 11.7 Å². The molecule has 2 bridgehead atoms. The molecule has 1 amide bonds. The van der Waals surface area contributed by atoms with E-state index in [1.807, 2.05) is 6.08 Å². The summed E-state index contributed by atoms with van der Waals surface area (Å²) in [7, 11) is 0. The Morgan fingerprint density at radius 3 is 2.54 bits per heavy atom. The highest BCUT2D eigenvalue weighted by Gasteiger charge is 2.30. The number of fused-ring (bicyclic) bond motifs is 3. The Hall–Kier alpha value is -3.07. The molecule has 1 fully saturated rings. The monoisotopic (exact) mass is 382 g/mol. The lowest BCUT2D eigenvalue weighted by molar-refractivity contribution is -0.137. The van der Waals surface area contributed by atoms with Crippen molar-refractivity contribution in [2.45, 2.75) is 25.4 Å². The Morgan fingerprint density at radius 1 is 1.11 bits per heavy atom. The first kappa shape index (κ1) is 18.3. The van der Waals surface area contributed by atoms with Gasteiger partial charge < -0.3 is 5.32 Å². The van der Waals surface area contributed by atoms with Gasteiger partial charge in [0, 0.05) is 12.1 Å². The number of alkyl halides is 3. The van der Waals surface area contributed by atoms with E-state index in [1.165, 1.54) is 12.1 Å². The van der Waals surface area contributed by atoms with Crippen LogP contribution in [0.25, 0.3) is 17.2 Å². The number of nitriles is 1. The van der Waals surface area contributed by atoms with Gasteiger partial charge in [0.25, 0.3) is 0 Å². The quantitative estimate of drug-likeness (QED) is 0.777. The van der Waals surface area contributed by atoms with Crippen molar-refractivity contribution < 1.29 is 18.0 Å². The minimum atomic E-state index is -4.39. The van der Waals surface area contributed by atoms with E-state index in [-0.39, 0.29) is 11.8 Å². The highest BCUT2D eigenvalue weighted by Crippen LogP contribution is 2.38. The molecular weight excluding hydrogens is 365 g/mol. The van der Waals surface area contributed by atoms with Crippen LogP contribution in [0.1, 0.15) is 35.1 Å². The minimum Gasteiger partial charge on any atom is -0.352 e.